The fraction of sp³-hybridized carbons (Fsp3) is 0.417. The quantitative estimate of drug-likeness (QED) is 0.760. The maximum Gasteiger partial charge on any atom is 0.172 e. The molecule has 1 aliphatic carbocycles. The van der Waals surface area contributed by atoms with Crippen LogP contribution in [0.2, 0.25) is 0 Å². The highest BCUT2D eigenvalue weighted by Gasteiger charge is 2.43. The molecule has 0 saturated heterocycles. The predicted molar refractivity (Wildman–Crippen MR) is 57.9 cm³/mol. The van der Waals surface area contributed by atoms with Crippen LogP contribution in [0.25, 0.3) is 0 Å². The van der Waals surface area contributed by atoms with Crippen LogP contribution < -0.4 is 15.2 Å². The van der Waals surface area contributed by atoms with E-state index in [0.29, 0.717) is 30.3 Å². The third-order valence-corrected chi connectivity index (χ3v) is 3.17. The highest BCUT2D eigenvalue weighted by molar-refractivity contribution is 5.82. The summed E-state index contributed by atoms with van der Waals surface area (Å²) in [6, 6.07) is 3.63. The van der Waals surface area contributed by atoms with Gasteiger partial charge in [0, 0.05) is 11.1 Å². The number of aldehydes is 1. The monoisotopic (exact) mass is 219 g/mol. The van der Waals surface area contributed by atoms with Crippen molar-refractivity contribution < 1.29 is 14.3 Å². The molecule has 1 fully saturated rings. The zero-order valence-corrected chi connectivity index (χ0v) is 8.86. The van der Waals surface area contributed by atoms with Crippen molar-refractivity contribution in [3.63, 3.8) is 0 Å². The van der Waals surface area contributed by atoms with Gasteiger partial charge in [-0.1, -0.05) is 6.07 Å². The lowest BCUT2D eigenvalue weighted by molar-refractivity contribution is 0.111. The van der Waals surface area contributed by atoms with Gasteiger partial charge in [-0.3, -0.25) is 4.79 Å². The molecule has 0 aromatic heterocycles. The minimum atomic E-state index is -0.272. The van der Waals surface area contributed by atoms with E-state index in [1.54, 1.807) is 6.07 Å². The summed E-state index contributed by atoms with van der Waals surface area (Å²) in [6.07, 6.45) is 2.71. The number of hydrogen-bond acceptors (Lipinski definition) is 4. The van der Waals surface area contributed by atoms with E-state index in [4.69, 9.17) is 15.2 Å². The molecule has 2 N–H and O–H groups in total. The van der Waals surface area contributed by atoms with Crippen molar-refractivity contribution in [3.8, 4) is 11.5 Å². The molecule has 84 valence electrons. The summed E-state index contributed by atoms with van der Waals surface area (Å²) in [5.41, 5.74) is 7.38. The Morgan fingerprint density at radius 3 is 2.50 bits per heavy atom. The first-order chi connectivity index (χ1) is 7.74. The van der Waals surface area contributed by atoms with Crippen LogP contribution in [0, 0.1) is 0 Å². The maximum absolute atomic E-state index is 10.9. The van der Waals surface area contributed by atoms with Gasteiger partial charge in [-0.15, -0.1) is 0 Å². The van der Waals surface area contributed by atoms with Gasteiger partial charge >= 0.3 is 0 Å². The number of ether oxygens (including phenoxy) is 2. The van der Waals surface area contributed by atoms with Crippen LogP contribution in [0.15, 0.2) is 12.1 Å². The Bertz CT molecular complexity index is 452. The summed E-state index contributed by atoms with van der Waals surface area (Å²) in [5.74, 6) is 1.21. The van der Waals surface area contributed by atoms with Crippen molar-refractivity contribution in [2.75, 3.05) is 13.2 Å². The molecule has 0 bridgehead atoms. The van der Waals surface area contributed by atoms with Gasteiger partial charge in [-0.25, -0.2) is 0 Å². The normalized spacial score (nSPS) is 20.3. The lowest BCUT2D eigenvalue weighted by atomic mass is 10.0. The van der Waals surface area contributed by atoms with Crippen LogP contribution in [0.3, 0.4) is 0 Å². The molecule has 4 nitrogen and oxygen atoms in total. The zero-order valence-electron chi connectivity index (χ0n) is 8.86. The van der Waals surface area contributed by atoms with Gasteiger partial charge < -0.3 is 15.2 Å². The first-order valence-electron chi connectivity index (χ1n) is 5.42. The molecule has 4 heteroatoms. The Balaban J connectivity index is 2.17. The third-order valence-electron chi connectivity index (χ3n) is 3.17. The Hall–Kier alpha value is -1.55. The highest BCUT2D eigenvalue weighted by atomic mass is 16.6. The summed E-state index contributed by atoms with van der Waals surface area (Å²) >= 11 is 0. The molecule has 3 rings (SSSR count). The van der Waals surface area contributed by atoms with E-state index in [1.807, 2.05) is 6.07 Å². The van der Waals surface area contributed by atoms with Gasteiger partial charge in [0.05, 0.1) is 5.56 Å². The lowest BCUT2D eigenvalue weighted by Crippen LogP contribution is -2.24. The molecule has 16 heavy (non-hydrogen) atoms. The third kappa shape index (κ3) is 1.30. The Labute approximate surface area is 93.3 Å². The zero-order chi connectivity index (χ0) is 11.2. The Kier molecular flexibility index (Phi) is 1.94. The summed E-state index contributed by atoms with van der Waals surface area (Å²) in [5, 5.41) is 0. The van der Waals surface area contributed by atoms with Crippen LogP contribution in [0.1, 0.15) is 28.8 Å². The molecule has 1 aromatic carbocycles. The van der Waals surface area contributed by atoms with Gasteiger partial charge in [0.15, 0.2) is 17.8 Å². The summed E-state index contributed by atoms with van der Waals surface area (Å²) in [4.78, 5) is 10.9. The van der Waals surface area contributed by atoms with Gasteiger partial charge in [-0.2, -0.15) is 0 Å². The lowest BCUT2D eigenvalue weighted by Gasteiger charge is -2.24. The summed E-state index contributed by atoms with van der Waals surface area (Å²) in [7, 11) is 0. The van der Waals surface area contributed by atoms with Crippen molar-refractivity contribution >= 4 is 6.29 Å². The minimum Gasteiger partial charge on any atom is -0.486 e. The molecule has 1 aliphatic heterocycles. The van der Waals surface area contributed by atoms with E-state index in [-0.39, 0.29) is 5.54 Å². The fourth-order valence-corrected chi connectivity index (χ4v) is 2.05. The second-order valence-corrected chi connectivity index (χ2v) is 4.33. The number of rotatable bonds is 2. The molecule has 1 aromatic rings. The van der Waals surface area contributed by atoms with Crippen molar-refractivity contribution in [1.82, 2.24) is 0 Å². The first-order valence-corrected chi connectivity index (χ1v) is 5.42. The molecule has 0 radical (unpaired) electrons. The molecule has 0 spiro atoms. The van der Waals surface area contributed by atoms with Crippen LogP contribution in [0.4, 0.5) is 0 Å². The van der Waals surface area contributed by atoms with Crippen molar-refractivity contribution in [3.05, 3.63) is 23.3 Å². The van der Waals surface area contributed by atoms with E-state index in [2.05, 4.69) is 0 Å². The topological polar surface area (TPSA) is 61.6 Å². The number of benzene rings is 1. The van der Waals surface area contributed by atoms with Gasteiger partial charge in [0.25, 0.3) is 0 Å². The average molecular weight is 219 g/mol. The van der Waals surface area contributed by atoms with E-state index >= 15 is 0 Å². The largest absolute Gasteiger partial charge is 0.486 e. The molecule has 0 amide bonds. The SMILES string of the molecule is NC1(c2ccc(C=O)c3c2OCCO3)CC1. The molecular weight excluding hydrogens is 206 g/mol. The molecular formula is C12H13NO3. The second kappa shape index (κ2) is 3.22. The van der Waals surface area contributed by atoms with E-state index < -0.39 is 0 Å². The van der Waals surface area contributed by atoms with Crippen LogP contribution in [-0.4, -0.2) is 19.5 Å². The number of carbonyl (C=O) groups excluding carboxylic acids is 1. The number of nitrogens with two attached hydrogens (primary N) is 1. The highest BCUT2D eigenvalue weighted by Crippen LogP contribution is 2.50. The second-order valence-electron chi connectivity index (χ2n) is 4.33. The van der Waals surface area contributed by atoms with Gasteiger partial charge in [-0.05, 0) is 18.9 Å². The number of hydrogen-bond donors (Lipinski definition) is 1. The molecule has 2 aliphatic rings. The van der Waals surface area contributed by atoms with E-state index in [9.17, 15) is 4.79 Å². The fourth-order valence-electron chi connectivity index (χ4n) is 2.05. The van der Waals surface area contributed by atoms with Crippen molar-refractivity contribution in [2.24, 2.45) is 5.73 Å². The Morgan fingerprint density at radius 2 is 1.88 bits per heavy atom. The molecule has 0 unspecified atom stereocenters. The van der Waals surface area contributed by atoms with Crippen LogP contribution >= 0.6 is 0 Å². The van der Waals surface area contributed by atoms with Gasteiger partial charge in [0.2, 0.25) is 0 Å². The van der Waals surface area contributed by atoms with Gasteiger partial charge in [0.1, 0.15) is 13.2 Å². The molecule has 0 atom stereocenters. The van der Waals surface area contributed by atoms with E-state index in [0.717, 1.165) is 24.7 Å². The van der Waals surface area contributed by atoms with Crippen LogP contribution in [0.5, 0.6) is 11.5 Å². The standard InChI is InChI=1S/C12H13NO3/c13-12(3-4-12)9-2-1-8(7-14)10-11(9)16-6-5-15-10/h1-2,7H,3-6,13H2. The molecule has 1 saturated carbocycles. The molecule has 1 heterocycles. The number of carbonyl (C=O) groups is 1. The maximum atomic E-state index is 10.9. The predicted octanol–water partition coefficient (Wildman–Crippen LogP) is 1.22. The summed E-state index contributed by atoms with van der Waals surface area (Å²) < 4.78 is 11.1. The Morgan fingerprint density at radius 1 is 1.19 bits per heavy atom. The van der Waals surface area contributed by atoms with E-state index in [1.165, 1.54) is 0 Å². The van der Waals surface area contributed by atoms with Crippen molar-refractivity contribution in [1.29, 1.82) is 0 Å². The van der Waals surface area contributed by atoms with Crippen molar-refractivity contribution in [2.45, 2.75) is 18.4 Å². The van der Waals surface area contributed by atoms with Crippen LogP contribution in [-0.2, 0) is 5.54 Å². The summed E-state index contributed by atoms with van der Waals surface area (Å²) in [6.45, 7) is 0.993. The number of fused-ring (bicyclic) bond motifs is 1. The minimum absolute atomic E-state index is 0.272. The first kappa shape index (κ1) is 9.66. The average Bonchev–Trinajstić information content (AvgIpc) is 3.07. The smallest absolute Gasteiger partial charge is 0.172 e.